The molecule has 0 fully saturated rings. The van der Waals surface area contributed by atoms with Crippen molar-refractivity contribution < 1.29 is 19.8 Å². The van der Waals surface area contributed by atoms with Gasteiger partial charge in [0.15, 0.2) is 5.92 Å². The van der Waals surface area contributed by atoms with Crippen molar-refractivity contribution in [3.8, 4) is 0 Å². The Morgan fingerprint density at radius 2 is 1.64 bits per heavy atom. The maximum atomic E-state index is 10.2. The third-order valence-electron chi connectivity index (χ3n) is 1.17. The third-order valence-corrected chi connectivity index (χ3v) is 1.17. The van der Waals surface area contributed by atoms with E-state index in [1.54, 1.807) is 6.92 Å². The first kappa shape index (κ1) is 13.5. The third kappa shape index (κ3) is 5.24. The van der Waals surface area contributed by atoms with Crippen molar-refractivity contribution in [1.82, 2.24) is 0 Å². The Bertz CT molecular complexity index is 132. The summed E-state index contributed by atoms with van der Waals surface area (Å²) in [6, 6.07) is 0. The molecule has 0 unspecified atom stereocenters. The molecule has 0 aromatic carbocycles. The number of rotatable bonds is 4. The van der Waals surface area contributed by atoms with E-state index in [1.165, 1.54) is 0 Å². The van der Waals surface area contributed by atoms with Gasteiger partial charge in [0.25, 0.3) is 0 Å². The largest absolute Gasteiger partial charge is 0.481 e. The predicted octanol–water partition coefficient (Wildman–Crippen LogP) is 0.191. The van der Waals surface area contributed by atoms with Crippen molar-refractivity contribution >= 4 is 41.5 Å². The van der Waals surface area contributed by atoms with Gasteiger partial charge in [-0.2, -0.15) is 0 Å². The summed E-state index contributed by atoms with van der Waals surface area (Å²) < 4.78 is 0. The van der Waals surface area contributed by atoms with Gasteiger partial charge in [-0.25, -0.2) is 0 Å². The molecular formula is C6H10NaO4. The summed E-state index contributed by atoms with van der Waals surface area (Å²) in [6.45, 7) is 1.75. The Morgan fingerprint density at radius 3 is 1.73 bits per heavy atom. The van der Waals surface area contributed by atoms with Gasteiger partial charge in [-0.1, -0.05) is 13.3 Å². The van der Waals surface area contributed by atoms with Crippen LogP contribution in [0.15, 0.2) is 0 Å². The predicted molar refractivity (Wildman–Crippen MR) is 39.4 cm³/mol. The van der Waals surface area contributed by atoms with Gasteiger partial charge in [0.05, 0.1) is 0 Å². The van der Waals surface area contributed by atoms with Gasteiger partial charge in [-0.3, -0.25) is 9.59 Å². The van der Waals surface area contributed by atoms with E-state index in [0.29, 0.717) is 6.42 Å². The molecule has 0 rings (SSSR count). The molecule has 0 bridgehead atoms. The Balaban J connectivity index is 0. The summed E-state index contributed by atoms with van der Waals surface area (Å²) in [5.41, 5.74) is 0. The minimum Gasteiger partial charge on any atom is -0.481 e. The number of aliphatic carboxylic acids is 2. The molecule has 0 aliphatic rings. The van der Waals surface area contributed by atoms with Crippen molar-refractivity contribution in [2.24, 2.45) is 5.92 Å². The topological polar surface area (TPSA) is 74.6 Å². The molecule has 0 aromatic heterocycles. The number of carboxylic acids is 2. The quantitative estimate of drug-likeness (QED) is 0.465. The molecule has 0 amide bonds. The maximum Gasteiger partial charge on any atom is 0.317 e. The van der Waals surface area contributed by atoms with Crippen LogP contribution in [0.3, 0.4) is 0 Å². The van der Waals surface area contributed by atoms with E-state index in [0.717, 1.165) is 0 Å². The van der Waals surface area contributed by atoms with Crippen LogP contribution in [-0.2, 0) is 9.59 Å². The Labute approximate surface area is 86.9 Å². The second kappa shape index (κ2) is 6.64. The van der Waals surface area contributed by atoms with Gasteiger partial charge in [-0.15, -0.1) is 0 Å². The van der Waals surface area contributed by atoms with E-state index in [-0.39, 0.29) is 36.0 Å². The van der Waals surface area contributed by atoms with Crippen molar-refractivity contribution in [2.45, 2.75) is 19.8 Å². The van der Waals surface area contributed by atoms with E-state index < -0.39 is 17.9 Å². The molecule has 2 N–H and O–H groups in total. The average Bonchev–Trinajstić information content (AvgIpc) is 1.81. The Kier molecular flexibility index (Phi) is 8.16. The van der Waals surface area contributed by atoms with E-state index in [1.807, 2.05) is 0 Å². The Morgan fingerprint density at radius 1 is 1.27 bits per heavy atom. The van der Waals surface area contributed by atoms with Gasteiger partial charge in [0.1, 0.15) is 0 Å². The zero-order chi connectivity index (χ0) is 8.15. The molecule has 0 saturated heterocycles. The Hall–Kier alpha value is -0.0600. The van der Waals surface area contributed by atoms with Gasteiger partial charge in [-0.05, 0) is 6.42 Å². The summed E-state index contributed by atoms with van der Waals surface area (Å²) >= 11 is 0. The van der Waals surface area contributed by atoms with Gasteiger partial charge >= 0.3 is 11.9 Å². The average molecular weight is 169 g/mol. The molecule has 0 aliphatic heterocycles. The van der Waals surface area contributed by atoms with Crippen molar-refractivity contribution in [2.75, 3.05) is 0 Å². The number of carboxylic acid groups (broad SMARTS) is 2. The molecule has 0 spiro atoms. The van der Waals surface area contributed by atoms with Crippen LogP contribution in [0.1, 0.15) is 19.8 Å². The van der Waals surface area contributed by atoms with Gasteiger partial charge in [0, 0.05) is 29.6 Å². The molecule has 0 saturated carbocycles. The fourth-order valence-electron chi connectivity index (χ4n) is 0.641. The zero-order valence-electron chi connectivity index (χ0n) is 6.70. The molecular weight excluding hydrogens is 159 g/mol. The molecule has 0 aliphatic carbocycles. The van der Waals surface area contributed by atoms with Crippen LogP contribution < -0.4 is 0 Å². The molecule has 0 atom stereocenters. The SMILES string of the molecule is CCCC(C(=O)O)C(=O)O.[Na]. The fourth-order valence-corrected chi connectivity index (χ4v) is 0.641. The first-order valence-corrected chi connectivity index (χ1v) is 3.05. The first-order valence-electron chi connectivity index (χ1n) is 3.05. The molecule has 5 heteroatoms. The van der Waals surface area contributed by atoms with E-state index in [4.69, 9.17) is 10.2 Å². The normalized spacial score (nSPS) is 8.91. The van der Waals surface area contributed by atoms with Crippen LogP contribution in [0.2, 0.25) is 0 Å². The van der Waals surface area contributed by atoms with Crippen LogP contribution >= 0.6 is 0 Å². The van der Waals surface area contributed by atoms with Crippen LogP contribution in [-0.4, -0.2) is 51.7 Å². The summed E-state index contributed by atoms with van der Waals surface area (Å²) in [5, 5.41) is 16.6. The van der Waals surface area contributed by atoms with E-state index in [9.17, 15) is 9.59 Å². The summed E-state index contributed by atoms with van der Waals surface area (Å²) in [5.74, 6) is -3.74. The summed E-state index contributed by atoms with van der Waals surface area (Å²) in [6.07, 6.45) is 0.772. The molecule has 11 heavy (non-hydrogen) atoms. The van der Waals surface area contributed by atoms with Crippen molar-refractivity contribution in [3.63, 3.8) is 0 Å². The number of hydrogen-bond acceptors (Lipinski definition) is 2. The number of carbonyl (C=O) groups is 2. The zero-order valence-corrected chi connectivity index (χ0v) is 8.70. The molecule has 59 valence electrons. The first-order chi connectivity index (χ1) is 4.59. The minimum atomic E-state index is -1.26. The second-order valence-corrected chi connectivity index (χ2v) is 2.02. The summed E-state index contributed by atoms with van der Waals surface area (Å²) in [4.78, 5) is 20.3. The fraction of sp³-hybridized carbons (Fsp3) is 0.667. The standard InChI is InChI=1S/C6H10O4.Na/c1-2-3-4(5(7)8)6(9)10;/h4H,2-3H2,1H3,(H,7,8)(H,9,10);. The molecule has 0 heterocycles. The number of hydrogen-bond donors (Lipinski definition) is 2. The maximum absolute atomic E-state index is 10.2. The van der Waals surface area contributed by atoms with Crippen LogP contribution in [0.5, 0.6) is 0 Å². The molecule has 4 nitrogen and oxygen atoms in total. The van der Waals surface area contributed by atoms with Crippen molar-refractivity contribution in [3.05, 3.63) is 0 Å². The molecule has 0 aromatic rings. The smallest absolute Gasteiger partial charge is 0.317 e. The molecule has 1 radical (unpaired) electrons. The van der Waals surface area contributed by atoms with Gasteiger partial charge in [0.2, 0.25) is 0 Å². The van der Waals surface area contributed by atoms with Crippen LogP contribution in [0, 0.1) is 5.92 Å². The van der Waals surface area contributed by atoms with Crippen molar-refractivity contribution in [1.29, 1.82) is 0 Å². The monoisotopic (exact) mass is 169 g/mol. The summed E-state index contributed by atoms with van der Waals surface area (Å²) in [7, 11) is 0. The van der Waals surface area contributed by atoms with Gasteiger partial charge < -0.3 is 10.2 Å². The second-order valence-electron chi connectivity index (χ2n) is 2.02. The van der Waals surface area contributed by atoms with E-state index in [2.05, 4.69) is 0 Å². The minimum absolute atomic E-state index is 0. The van der Waals surface area contributed by atoms with Crippen LogP contribution in [0.25, 0.3) is 0 Å². The van der Waals surface area contributed by atoms with Crippen LogP contribution in [0.4, 0.5) is 0 Å². The van der Waals surface area contributed by atoms with E-state index >= 15 is 0 Å².